The zero-order valence-electron chi connectivity index (χ0n) is 11.3. The molecule has 3 N–H and O–H groups in total. The van der Waals surface area contributed by atoms with Gasteiger partial charge in [-0.25, -0.2) is 0 Å². The summed E-state index contributed by atoms with van der Waals surface area (Å²) in [7, 11) is 1.46. The van der Waals surface area contributed by atoms with E-state index < -0.39 is 0 Å². The molecule has 0 saturated heterocycles. The first-order chi connectivity index (χ1) is 10.1. The van der Waals surface area contributed by atoms with E-state index in [1.807, 2.05) is 0 Å². The number of nitrogens with one attached hydrogen (secondary N) is 3. The van der Waals surface area contributed by atoms with E-state index in [0.717, 1.165) is 4.47 Å². The number of benzene rings is 1. The van der Waals surface area contributed by atoms with E-state index in [4.69, 9.17) is 4.74 Å². The van der Waals surface area contributed by atoms with Crippen LogP contribution in [0.5, 0.6) is 0 Å². The Bertz CT molecular complexity index is 637. The number of hydrogen-bond donors (Lipinski definition) is 3. The average molecular weight is 352 g/mol. The summed E-state index contributed by atoms with van der Waals surface area (Å²) in [5.74, 6) is -0.470. The molecule has 110 valence electrons. The zero-order valence-corrected chi connectivity index (χ0v) is 12.9. The minimum atomic E-state index is -0.239. The van der Waals surface area contributed by atoms with Crippen LogP contribution in [0.1, 0.15) is 10.5 Å². The zero-order chi connectivity index (χ0) is 15.2. The molecule has 0 fully saturated rings. The molecule has 0 aliphatic carbocycles. The molecule has 6 nitrogen and oxygen atoms in total. The minimum Gasteiger partial charge on any atom is -0.375 e. The first kappa shape index (κ1) is 15.3. The molecule has 1 aromatic heterocycles. The van der Waals surface area contributed by atoms with Gasteiger partial charge < -0.3 is 20.4 Å². The molecular formula is C14H14BrN3O3. The molecule has 0 unspecified atom stereocenters. The number of halogens is 1. The number of carbonyl (C=O) groups excluding carboxylic acids is 2. The van der Waals surface area contributed by atoms with Crippen molar-refractivity contribution in [2.24, 2.45) is 0 Å². The highest BCUT2D eigenvalue weighted by Gasteiger charge is 2.08. The lowest BCUT2D eigenvalue weighted by molar-refractivity contribution is -0.119. The summed E-state index contributed by atoms with van der Waals surface area (Å²) in [4.78, 5) is 26.1. The lowest BCUT2D eigenvalue weighted by Crippen LogP contribution is -2.17. The van der Waals surface area contributed by atoms with Crippen molar-refractivity contribution in [1.82, 2.24) is 4.98 Å². The summed E-state index contributed by atoms with van der Waals surface area (Å²) in [5, 5.41) is 5.42. The van der Waals surface area contributed by atoms with Gasteiger partial charge in [-0.05, 0) is 46.3 Å². The Morgan fingerprint density at radius 1 is 1.19 bits per heavy atom. The number of anilines is 2. The average Bonchev–Trinajstić information content (AvgIpc) is 2.88. The van der Waals surface area contributed by atoms with Crippen molar-refractivity contribution in [3.63, 3.8) is 0 Å². The number of hydrogen-bond acceptors (Lipinski definition) is 3. The fourth-order valence-electron chi connectivity index (χ4n) is 1.66. The molecule has 7 heteroatoms. The van der Waals surface area contributed by atoms with E-state index in [9.17, 15) is 9.59 Å². The molecular weight excluding hydrogens is 338 g/mol. The van der Waals surface area contributed by atoms with Gasteiger partial charge in [-0.15, -0.1) is 0 Å². The highest BCUT2D eigenvalue weighted by atomic mass is 79.9. The van der Waals surface area contributed by atoms with Crippen LogP contribution in [-0.2, 0) is 9.53 Å². The van der Waals surface area contributed by atoms with Crippen molar-refractivity contribution in [3.05, 3.63) is 46.7 Å². The number of amides is 2. The molecule has 0 bridgehead atoms. The molecule has 21 heavy (non-hydrogen) atoms. The van der Waals surface area contributed by atoms with Crippen LogP contribution in [0.2, 0.25) is 0 Å². The maximum atomic E-state index is 11.9. The number of H-pyrrole nitrogens is 1. The van der Waals surface area contributed by atoms with Crippen LogP contribution in [0, 0.1) is 0 Å². The Kier molecular flexibility index (Phi) is 5.13. The Labute approximate surface area is 130 Å². The van der Waals surface area contributed by atoms with Crippen LogP contribution in [-0.4, -0.2) is 30.5 Å². The molecule has 0 saturated carbocycles. The van der Waals surface area contributed by atoms with Gasteiger partial charge in [0.2, 0.25) is 5.91 Å². The standard InChI is InChI=1S/C14H14BrN3O3/c1-21-8-13(19)17-10-2-4-11(5-3-10)18-14(20)12-6-9(15)7-16-12/h2-7,16H,8H2,1H3,(H,17,19)(H,18,20). The van der Waals surface area contributed by atoms with E-state index in [1.165, 1.54) is 7.11 Å². The summed E-state index contributed by atoms with van der Waals surface area (Å²) in [6.07, 6.45) is 1.68. The van der Waals surface area contributed by atoms with E-state index >= 15 is 0 Å². The van der Waals surface area contributed by atoms with Crippen molar-refractivity contribution in [2.45, 2.75) is 0 Å². The maximum Gasteiger partial charge on any atom is 0.272 e. The van der Waals surface area contributed by atoms with Crippen molar-refractivity contribution in [3.8, 4) is 0 Å². The van der Waals surface area contributed by atoms with Gasteiger partial charge in [-0.1, -0.05) is 0 Å². The highest BCUT2D eigenvalue weighted by molar-refractivity contribution is 9.10. The van der Waals surface area contributed by atoms with Crippen molar-refractivity contribution < 1.29 is 14.3 Å². The number of ether oxygens (including phenoxy) is 1. The molecule has 2 amide bonds. The second-order valence-electron chi connectivity index (χ2n) is 4.24. The smallest absolute Gasteiger partial charge is 0.272 e. The summed E-state index contributed by atoms with van der Waals surface area (Å²) >= 11 is 3.27. The second kappa shape index (κ2) is 7.05. The quantitative estimate of drug-likeness (QED) is 0.774. The van der Waals surface area contributed by atoms with E-state index in [1.54, 1.807) is 36.5 Å². The molecule has 0 spiro atoms. The molecule has 2 aromatic rings. The number of aromatic amines is 1. The normalized spacial score (nSPS) is 10.2. The van der Waals surface area contributed by atoms with Gasteiger partial charge in [0, 0.05) is 29.2 Å². The van der Waals surface area contributed by atoms with Crippen LogP contribution < -0.4 is 10.6 Å². The predicted octanol–water partition coefficient (Wildman–Crippen LogP) is 2.61. The van der Waals surface area contributed by atoms with Gasteiger partial charge in [0.25, 0.3) is 5.91 Å². The molecule has 0 atom stereocenters. The maximum absolute atomic E-state index is 11.9. The fraction of sp³-hybridized carbons (Fsp3) is 0.143. The SMILES string of the molecule is COCC(=O)Nc1ccc(NC(=O)c2cc(Br)c[nH]2)cc1. The van der Waals surface area contributed by atoms with Crippen molar-refractivity contribution >= 4 is 39.1 Å². The molecule has 1 aromatic carbocycles. The molecule has 0 aliphatic heterocycles. The number of carbonyl (C=O) groups is 2. The monoisotopic (exact) mass is 351 g/mol. The molecule has 0 radical (unpaired) electrons. The summed E-state index contributed by atoms with van der Waals surface area (Å²) in [6, 6.07) is 8.51. The largest absolute Gasteiger partial charge is 0.375 e. The van der Waals surface area contributed by atoms with Gasteiger partial charge in [0.15, 0.2) is 0 Å². The van der Waals surface area contributed by atoms with E-state index in [0.29, 0.717) is 17.1 Å². The van der Waals surface area contributed by atoms with Crippen LogP contribution in [0.15, 0.2) is 41.0 Å². The number of rotatable bonds is 5. The third-order valence-corrected chi connectivity index (χ3v) is 3.05. The number of aromatic nitrogens is 1. The van der Waals surface area contributed by atoms with Gasteiger partial charge in [-0.2, -0.15) is 0 Å². The molecule has 1 heterocycles. The minimum absolute atomic E-state index is 0.000188. The van der Waals surface area contributed by atoms with Gasteiger partial charge in [0.1, 0.15) is 12.3 Å². The fourth-order valence-corrected chi connectivity index (χ4v) is 2.01. The van der Waals surface area contributed by atoms with Gasteiger partial charge in [0.05, 0.1) is 0 Å². The van der Waals surface area contributed by atoms with Gasteiger partial charge in [-0.3, -0.25) is 9.59 Å². The van der Waals surface area contributed by atoms with E-state index in [-0.39, 0.29) is 18.4 Å². The lowest BCUT2D eigenvalue weighted by atomic mass is 10.2. The third kappa shape index (κ3) is 4.44. The van der Waals surface area contributed by atoms with Crippen molar-refractivity contribution in [2.75, 3.05) is 24.4 Å². The van der Waals surface area contributed by atoms with Crippen molar-refractivity contribution in [1.29, 1.82) is 0 Å². The number of methoxy groups -OCH3 is 1. The van der Waals surface area contributed by atoms with Crippen LogP contribution >= 0.6 is 15.9 Å². The summed E-state index contributed by atoms with van der Waals surface area (Å²) < 4.78 is 5.54. The predicted molar refractivity (Wildman–Crippen MR) is 83.4 cm³/mol. The third-order valence-electron chi connectivity index (χ3n) is 2.59. The topological polar surface area (TPSA) is 83.2 Å². The summed E-state index contributed by atoms with van der Waals surface area (Å²) in [6.45, 7) is 0.000188. The Hall–Kier alpha value is -2.12. The Balaban J connectivity index is 1.96. The summed E-state index contributed by atoms with van der Waals surface area (Å²) in [5.41, 5.74) is 1.73. The van der Waals surface area contributed by atoms with Crippen LogP contribution in [0.3, 0.4) is 0 Å². The first-order valence-corrected chi connectivity index (χ1v) is 6.92. The van der Waals surface area contributed by atoms with Crippen LogP contribution in [0.4, 0.5) is 11.4 Å². The molecule has 0 aliphatic rings. The van der Waals surface area contributed by atoms with E-state index in [2.05, 4.69) is 31.5 Å². The van der Waals surface area contributed by atoms with Gasteiger partial charge >= 0.3 is 0 Å². The lowest BCUT2D eigenvalue weighted by Gasteiger charge is -2.07. The first-order valence-electron chi connectivity index (χ1n) is 6.12. The van der Waals surface area contributed by atoms with Crippen LogP contribution in [0.25, 0.3) is 0 Å². The Morgan fingerprint density at radius 2 is 1.81 bits per heavy atom. The Morgan fingerprint density at radius 3 is 2.33 bits per heavy atom. The second-order valence-corrected chi connectivity index (χ2v) is 5.16. The highest BCUT2D eigenvalue weighted by Crippen LogP contribution is 2.16. The molecule has 2 rings (SSSR count).